The van der Waals surface area contributed by atoms with Crippen LogP contribution in [0, 0.1) is 6.92 Å². The molecule has 1 aromatic carbocycles. The third kappa shape index (κ3) is 3.21. The summed E-state index contributed by atoms with van der Waals surface area (Å²) in [7, 11) is 0. The van der Waals surface area contributed by atoms with Gasteiger partial charge in [0.2, 0.25) is 0 Å². The summed E-state index contributed by atoms with van der Waals surface area (Å²) in [6, 6.07) is 5.95. The Balaban J connectivity index is 2.09. The van der Waals surface area contributed by atoms with Gasteiger partial charge in [-0.05, 0) is 50.3 Å². The summed E-state index contributed by atoms with van der Waals surface area (Å²) in [5.74, 6) is 0. The Hall–Kier alpha value is -1.22. The van der Waals surface area contributed by atoms with Crippen molar-refractivity contribution in [2.24, 2.45) is 0 Å². The first-order valence-corrected chi connectivity index (χ1v) is 7.34. The Labute approximate surface area is 119 Å². The van der Waals surface area contributed by atoms with E-state index in [0.29, 0.717) is 11.1 Å². The highest BCUT2D eigenvalue weighted by molar-refractivity contribution is 6.31. The third-order valence-electron chi connectivity index (χ3n) is 3.87. The number of halogens is 1. The molecule has 1 heterocycles. The second-order valence-corrected chi connectivity index (χ2v) is 5.50. The summed E-state index contributed by atoms with van der Waals surface area (Å²) in [6.07, 6.45) is 4.44. The van der Waals surface area contributed by atoms with E-state index in [1.54, 1.807) is 0 Å². The van der Waals surface area contributed by atoms with Gasteiger partial charge in [-0.2, -0.15) is 0 Å². The average Bonchev–Trinajstić information content (AvgIpc) is 2.43. The van der Waals surface area contributed by atoms with Gasteiger partial charge in [-0.3, -0.25) is 0 Å². The van der Waals surface area contributed by atoms with Gasteiger partial charge >= 0.3 is 6.03 Å². The first kappa shape index (κ1) is 14.2. The second-order valence-electron chi connectivity index (χ2n) is 5.09. The Morgan fingerprint density at radius 3 is 3.00 bits per heavy atom. The van der Waals surface area contributed by atoms with Gasteiger partial charge in [0, 0.05) is 23.3 Å². The summed E-state index contributed by atoms with van der Waals surface area (Å²) in [5.41, 5.74) is 1.72. The molecule has 1 aliphatic heterocycles. The van der Waals surface area contributed by atoms with Crippen molar-refractivity contribution in [1.29, 1.82) is 0 Å². The molecule has 1 fully saturated rings. The number of anilines is 1. The van der Waals surface area contributed by atoms with Gasteiger partial charge in [-0.1, -0.05) is 24.6 Å². The van der Waals surface area contributed by atoms with E-state index >= 15 is 0 Å². The lowest BCUT2D eigenvalue weighted by atomic mass is 10.0. The fourth-order valence-corrected chi connectivity index (χ4v) is 2.80. The molecule has 3 nitrogen and oxygen atoms in total. The SMILES string of the molecule is CCC1CCCCN1C(=O)Nc1cccc(Cl)c1C. The van der Waals surface area contributed by atoms with Crippen LogP contribution in [0.1, 0.15) is 38.2 Å². The smallest absolute Gasteiger partial charge is 0.322 e. The van der Waals surface area contributed by atoms with Crippen molar-refractivity contribution in [2.75, 3.05) is 11.9 Å². The molecular weight excluding hydrogens is 260 g/mol. The van der Waals surface area contributed by atoms with Crippen LogP contribution in [0.2, 0.25) is 5.02 Å². The van der Waals surface area contributed by atoms with E-state index in [9.17, 15) is 4.79 Å². The maximum absolute atomic E-state index is 12.4. The molecule has 0 spiro atoms. The van der Waals surface area contributed by atoms with Gasteiger partial charge < -0.3 is 10.2 Å². The number of piperidine rings is 1. The van der Waals surface area contributed by atoms with Crippen LogP contribution in [0.25, 0.3) is 0 Å². The molecule has 1 aromatic rings. The minimum atomic E-state index is -0.00285. The molecule has 0 radical (unpaired) electrons. The number of carbonyl (C=O) groups is 1. The molecule has 4 heteroatoms. The maximum Gasteiger partial charge on any atom is 0.322 e. The molecule has 19 heavy (non-hydrogen) atoms. The Morgan fingerprint density at radius 2 is 2.26 bits per heavy atom. The van der Waals surface area contributed by atoms with Crippen LogP contribution in [-0.4, -0.2) is 23.5 Å². The van der Waals surface area contributed by atoms with E-state index in [1.807, 2.05) is 30.0 Å². The zero-order valence-corrected chi connectivity index (χ0v) is 12.3. The highest BCUT2D eigenvalue weighted by Crippen LogP contribution is 2.25. The number of benzene rings is 1. The number of carbonyl (C=O) groups excluding carboxylic acids is 1. The van der Waals surface area contributed by atoms with Gasteiger partial charge in [0.05, 0.1) is 0 Å². The Kier molecular flexibility index (Phi) is 4.70. The Morgan fingerprint density at radius 1 is 1.47 bits per heavy atom. The maximum atomic E-state index is 12.4. The first-order valence-electron chi connectivity index (χ1n) is 6.96. The summed E-state index contributed by atoms with van der Waals surface area (Å²) in [6.45, 7) is 4.91. The van der Waals surface area contributed by atoms with Crippen molar-refractivity contribution in [2.45, 2.75) is 45.6 Å². The highest BCUT2D eigenvalue weighted by Gasteiger charge is 2.25. The Bertz CT molecular complexity index is 461. The van der Waals surface area contributed by atoms with Crippen LogP contribution in [0.3, 0.4) is 0 Å². The molecule has 104 valence electrons. The molecule has 2 amide bonds. The van der Waals surface area contributed by atoms with Crippen molar-refractivity contribution < 1.29 is 4.79 Å². The van der Waals surface area contributed by atoms with Crippen LogP contribution >= 0.6 is 11.6 Å². The molecule has 2 rings (SSSR count). The second kappa shape index (κ2) is 6.29. The van der Waals surface area contributed by atoms with Crippen molar-refractivity contribution in [3.63, 3.8) is 0 Å². The van der Waals surface area contributed by atoms with E-state index in [2.05, 4.69) is 12.2 Å². The van der Waals surface area contributed by atoms with Gasteiger partial charge in [-0.15, -0.1) is 0 Å². The molecule has 0 bridgehead atoms. The molecule has 1 saturated heterocycles. The molecule has 0 aromatic heterocycles. The number of nitrogens with zero attached hydrogens (tertiary/aromatic N) is 1. The minimum Gasteiger partial charge on any atom is -0.322 e. The standard InChI is InChI=1S/C15H21ClN2O/c1-3-12-7-4-5-10-18(12)15(19)17-14-9-6-8-13(16)11(14)2/h6,8-9,12H,3-5,7,10H2,1-2H3,(H,17,19). The number of rotatable bonds is 2. The molecule has 0 saturated carbocycles. The van der Waals surface area contributed by atoms with E-state index in [4.69, 9.17) is 11.6 Å². The average molecular weight is 281 g/mol. The van der Waals surface area contributed by atoms with Crippen LogP contribution in [-0.2, 0) is 0 Å². The summed E-state index contributed by atoms with van der Waals surface area (Å²) in [4.78, 5) is 14.3. The summed E-state index contributed by atoms with van der Waals surface area (Å²) < 4.78 is 0. The van der Waals surface area contributed by atoms with Crippen LogP contribution in [0.15, 0.2) is 18.2 Å². The molecule has 1 atom stereocenters. The third-order valence-corrected chi connectivity index (χ3v) is 4.28. The van der Waals surface area contributed by atoms with Crippen molar-refractivity contribution >= 4 is 23.3 Å². The summed E-state index contributed by atoms with van der Waals surface area (Å²) >= 11 is 6.07. The molecular formula is C15H21ClN2O. The molecule has 0 aliphatic carbocycles. The van der Waals surface area contributed by atoms with E-state index in [-0.39, 0.29) is 6.03 Å². The number of likely N-dealkylation sites (tertiary alicyclic amines) is 1. The summed E-state index contributed by atoms with van der Waals surface area (Å²) in [5, 5.41) is 3.67. The zero-order chi connectivity index (χ0) is 13.8. The minimum absolute atomic E-state index is 0.00285. The predicted molar refractivity (Wildman–Crippen MR) is 79.8 cm³/mol. The molecule has 1 aliphatic rings. The van der Waals surface area contributed by atoms with Gasteiger partial charge in [-0.25, -0.2) is 4.79 Å². The fraction of sp³-hybridized carbons (Fsp3) is 0.533. The zero-order valence-electron chi connectivity index (χ0n) is 11.6. The van der Waals surface area contributed by atoms with E-state index in [1.165, 1.54) is 6.42 Å². The van der Waals surface area contributed by atoms with Crippen molar-refractivity contribution in [3.8, 4) is 0 Å². The molecule has 1 unspecified atom stereocenters. The van der Waals surface area contributed by atoms with Gasteiger partial charge in [0.25, 0.3) is 0 Å². The number of hydrogen-bond donors (Lipinski definition) is 1. The predicted octanol–water partition coefficient (Wildman–Crippen LogP) is 4.44. The fourth-order valence-electron chi connectivity index (χ4n) is 2.62. The number of hydrogen-bond acceptors (Lipinski definition) is 1. The van der Waals surface area contributed by atoms with Gasteiger partial charge in [0.15, 0.2) is 0 Å². The van der Waals surface area contributed by atoms with Gasteiger partial charge in [0.1, 0.15) is 0 Å². The highest BCUT2D eigenvalue weighted by atomic mass is 35.5. The lowest BCUT2D eigenvalue weighted by molar-refractivity contribution is 0.160. The molecule has 1 N–H and O–H groups in total. The van der Waals surface area contributed by atoms with Crippen LogP contribution in [0.5, 0.6) is 0 Å². The number of nitrogens with one attached hydrogen (secondary N) is 1. The van der Waals surface area contributed by atoms with Crippen LogP contribution in [0.4, 0.5) is 10.5 Å². The quantitative estimate of drug-likeness (QED) is 0.853. The first-order chi connectivity index (χ1) is 9.13. The number of amides is 2. The number of urea groups is 1. The topological polar surface area (TPSA) is 32.3 Å². The lowest BCUT2D eigenvalue weighted by Gasteiger charge is -2.35. The van der Waals surface area contributed by atoms with E-state index < -0.39 is 0 Å². The lowest BCUT2D eigenvalue weighted by Crippen LogP contribution is -2.45. The largest absolute Gasteiger partial charge is 0.322 e. The van der Waals surface area contributed by atoms with Crippen molar-refractivity contribution in [3.05, 3.63) is 28.8 Å². The van der Waals surface area contributed by atoms with Crippen molar-refractivity contribution in [1.82, 2.24) is 4.90 Å². The van der Waals surface area contributed by atoms with E-state index in [0.717, 1.165) is 37.1 Å². The normalized spacial score (nSPS) is 19.3. The monoisotopic (exact) mass is 280 g/mol. The van der Waals surface area contributed by atoms with Crippen LogP contribution < -0.4 is 5.32 Å².